The first-order valence-electron chi connectivity index (χ1n) is 7.79. The molecule has 1 N–H and O–H groups in total. The maximum atomic E-state index is 12.7. The van der Waals surface area contributed by atoms with Crippen molar-refractivity contribution >= 4 is 24.2 Å². The number of pyridine rings is 1. The second kappa shape index (κ2) is 6.98. The Balaban J connectivity index is 2.28. The van der Waals surface area contributed by atoms with Gasteiger partial charge in [-0.15, -0.1) is 12.6 Å². The summed E-state index contributed by atoms with van der Waals surface area (Å²) < 4.78 is 1.67. The second-order valence-corrected chi connectivity index (χ2v) is 6.38. The average Bonchev–Trinajstić information content (AvgIpc) is 2.61. The third kappa shape index (κ3) is 3.05. The molecule has 0 fully saturated rings. The number of nitriles is 1. The van der Waals surface area contributed by atoms with Crippen LogP contribution in [-0.4, -0.2) is 10.8 Å². The van der Waals surface area contributed by atoms with Crippen molar-refractivity contribution in [2.24, 2.45) is 0 Å². The molecule has 0 bridgehead atoms. The van der Waals surface area contributed by atoms with Gasteiger partial charge in [-0.3, -0.25) is 14.9 Å². The molecule has 26 heavy (non-hydrogen) atoms. The van der Waals surface area contributed by atoms with Crippen molar-refractivity contribution in [2.45, 2.75) is 18.9 Å². The Morgan fingerprint density at radius 2 is 2.04 bits per heavy atom. The number of allylic oxidation sites excluding steroid dienone is 1. The maximum Gasteiger partial charge on any atom is 0.294 e. The van der Waals surface area contributed by atoms with Crippen LogP contribution in [0.1, 0.15) is 23.1 Å². The fourth-order valence-corrected chi connectivity index (χ4v) is 3.47. The van der Waals surface area contributed by atoms with Crippen LogP contribution in [0.25, 0.3) is 0 Å². The summed E-state index contributed by atoms with van der Waals surface area (Å²) in [5.74, 6) is -1.21. The lowest BCUT2D eigenvalue weighted by molar-refractivity contribution is -0.711. The molecule has 130 valence electrons. The van der Waals surface area contributed by atoms with Crippen LogP contribution in [0.2, 0.25) is 0 Å². The van der Waals surface area contributed by atoms with Crippen molar-refractivity contribution in [1.82, 2.24) is 5.32 Å². The van der Waals surface area contributed by atoms with Gasteiger partial charge in [0.2, 0.25) is 6.04 Å². The largest absolute Gasteiger partial charge is 0.314 e. The zero-order valence-electron chi connectivity index (χ0n) is 13.8. The minimum absolute atomic E-state index is 0.116. The lowest BCUT2D eigenvalue weighted by Gasteiger charge is -2.27. The van der Waals surface area contributed by atoms with Gasteiger partial charge in [0.15, 0.2) is 12.4 Å². The van der Waals surface area contributed by atoms with Crippen LogP contribution in [0.4, 0.5) is 5.69 Å². The topological polar surface area (TPSA) is 99.9 Å². The van der Waals surface area contributed by atoms with Gasteiger partial charge in [-0.05, 0) is 13.0 Å². The number of nitro groups is 1. The Labute approximate surface area is 155 Å². The average molecular weight is 367 g/mol. The highest BCUT2D eigenvalue weighted by Crippen LogP contribution is 2.41. The number of nitro benzene ring substituents is 1. The van der Waals surface area contributed by atoms with Crippen LogP contribution in [-0.2, 0) is 4.79 Å². The number of carbonyl (C=O) groups is 1. The number of aryl methyl sites for hydroxylation is 1. The van der Waals surface area contributed by atoms with Crippen molar-refractivity contribution < 1.29 is 14.3 Å². The Morgan fingerprint density at radius 1 is 1.31 bits per heavy atom. The fraction of sp³-hybridized carbons (Fsp3) is 0.167. The van der Waals surface area contributed by atoms with Crippen LogP contribution >= 0.6 is 12.6 Å². The van der Waals surface area contributed by atoms with Crippen LogP contribution in [0.5, 0.6) is 0 Å². The van der Waals surface area contributed by atoms with E-state index in [1.807, 2.05) is 13.0 Å². The molecule has 0 spiro atoms. The van der Waals surface area contributed by atoms with E-state index in [2.05, 4.69) is 24.0 Å². The predicted octanol–water partition coefficient (Wildman–Crippen LogP) is 2.31. The quantitative estimate of drug-likeness (QED) is 0.376. The number of carbonyl (C=O) groups excluding carboxylic acids is 1. The van der Waals surface area contributed by atoms with Gasteiger partial charge in [-0.2, -0.15) is 9.83 Å². The zero-order chi connectivity index (χ0) is 18.8. The summed E-state index contributed by atoms with van der Waals surface area (Å²) in [5.41, 5.74) is 1.26. The van der Waals surface area contributed by atoms with E-state index in [9.17, 15) is 20.2 Å². The highest BCUT2D eigenvalue weighted by molar-refractivity contribution is 7.84. The van der Waals surface area contributed by atoms with Gasteiger partial charge in [0.25, 0.3) is 11.6 Å². The third-order valence-electron chi connectivity index (χ3n) is 4.27. The number of hydrogen-bond acceptors (Lipinski definition) is 5. The van der Waals surface area contributed by atoms with E-state index < -0.39 is 16.9 Å². The lowest BCUT2D eigenvalue weighted by atomic mass is 9.82. The molecule has 0 aliphatic carbocycles. The molecule has 0 saturated heterocycles. The molecule has 2 unspecified atom stereocenters. The minimum Gasteiger partial charge on any atom is -0.314 e. The third-order valence-corrected chi connectivity index (χ3v) is 4.62. The molecule has 2 heterocycles. The summed E-state index contributed by atoms with van der Waals surface area (Å²) in [4.78, 5) is 23.7. The van der Waals surface area contributed by atoms with Gasteiger partial charge >= 0.3 is 0 Å². The molecule has 2 atom stereocenters. The number of amides is 1. The van der Waals surface area contributed by atoms with E-state index in [-0.39, 0.29) is 22.2 Å². The molecule has 0 radical (unpaired) electrons. The monoisotopic (exact) mass is 367 g/mol. The fourth-order valence-electron chi connectivity index (χ4n) is 3.18. The molecular formula is C18H15N4O3S+. The predicted molar refractivity (Wildman–Crippen MR) is 96.0 cm³/mol. The zero-order valence-corrected chi connectivity index (χ0v) is 14.7. The van der Waals surface area contributed by atoms with Crippen molar-refractivity contribution in [1.29, 1.82) is 5.26 Å². The molecule has 2 aromatic rings. The Hall–Kier alpha value is -3.18. The number of benzene rings is 1. The van der Waals surface area contributed by atoms with Crippen LogP contribution in [0.3, 0.4) is 0 Å². The molecular weight excluding hydrogens is 352 g/mol. The van der Waals surface area contributed by atoms with Gasteiger partial charge < -0.3 is 5.32 Å². The van der Waals surface area contributed by atoms with Crippen LogP contribution in [0.15, 0.2) is 59.4 Å². The van der Waals surface area contributed by atoms with E-state index >= 15 is 0 Å². The number of hydrogen-bond donors (Lipinski definition) is 2. The second-order valence-electron chi connectivity index (χ2n) is 5.93. The summed E-state index contributed by atoms with van der Waals surface area (Å²) in [7, 11) is 0. The highest BCUT2D eigenvalue weighted by atomic mass is 32.1. The van der Waals surface area contributed by atoms with Crippen molar-refractivity contribution in [2.75, 3.05) is 0 Å². The lowest BCUT2D eigenvalue weighted by Crippen LogP contribution is -2.53. The van der Waals surface area contributed by atoms with E-state index in [0.717, 1.165) is 5.56 Å². The van der Waals surface area contributed by atoms with E-state index in [1.54, 1.807) is 41.2 Å². The highest BCUT2D eigenvalue weighted by Gasteiger charge is 2.46. The molecule has 1 aromatic heterocycles. The first-order valence-corrected chi connectivity index (χ1v) is 8.23. The van der Waals surface area contributed by atoms with Gasteiger partial charge in [0.1, 0.15) is 0 Å². The standard InChI is InChI=1S/C18H14N4O3S/c1-11-5-4-8-21(10-11)16-15(13(9-19)18(26)20-17(16)23)12-6-2-3-7-14(12)22(24)25/h2-8,10,15-16H,1H3,(H-,20,23,26)/p+1. The number of para-hydroxylation sites is 1. The van der Waals surface area contributed by atoms with Gasteiger partial charge in [0.05, 0.1) is 27.5 Å². The molecule has 7 nitrogen and oxygen atoms in total. The minimum atomic E-state index is -0.846. The molecule has 1 aliphatic rings. The number of nitrogens with one attached hydrogen (secondary N) is 1. The summed E-state index contributed by atoms with van der Waals surface area (Å²) in [6.45, 7) is 1.88. The van der Waals surface area contributed by atoms with E-state index in [1.165, 1.54) is 6.07 Å². The Kier molecular flexibility index (Phi) is 4.73. The maximum absolute atomic E-state index is 12.7. The Morgan fingerprint density at radius 3 is 2.69 bits per heavy atom. The number of rotatable bonds is 3. The molecule has 8 heteroatoms. The van der Waals surface area contributed by atoms with E-state index in [0.29, 0.717) is 5.56 Å². The number of aromatic nitrogens is 1. The SMILES string of the molecule is Cc1ccc[n+](C2C(=O)NC(S)=C(C#N)C2c2ccccc2[N+](=O)[O-])c1. The van der Waals surface area contributed by atoms with Crippen LogP contribution < -0.4 is 9.88 Å². The molecule has 0 saturated carbocycles. The summed E-state index contributed by atoms with van der Waals surface area (Å²) in [6, 6.07) is 11.0. The van der Waals surface area contributed by atoms with E-state index in [4.69, 9.17) is 0 Å². The Bertz CT molecular complexity index is 980. The van der Waals surface area contributed by atoms with Gasteiger partial charge in [-0.25, -0.2) is 0 Å². The van der Waals surface area contributed by atoms with Crippen LogP contribution in [0, 0.1) is 28.4 Å². The first-order chi connectivity index (χ1) is 12.4. The van der Waals surface area contributed by atoms with Crippen molar-refractivity contribution in [3.8, 4) is 6.07 Å². The van der Waals surface area contributed by atoms with Crippen molar-refractivity contribution in [3.05, 3.63) is 80.6 Å². The van der Waals surface area contributed by atoms with Crippen molar-refractivity contribution in [3.63, 3.8) is 0 Å². The molecule has 1 aliphatic heterocycles. The number of nitrogens with zero attached hydrogens (tertiary/aromatic N) is 3. The number of thiol groups is 1. The summed E-state index contributed by atoms with van der Waals surface area (Å²) in [6.07, 6.45) is 3.47. The first kappa shape index (κ1) is 17.6. The summed E-state index contributed by atoms with van der Waals surface area (Å²) >= 11 is 4.21. The van der Waals surface area contributed by atoms with Gasteiger partial charge in [-0.1, -0.05) is 18.2 Å². The normalized spacial score (nSPS) is 19.7. The summed E-state index contributed by atoms with van der Waals surface area (Å²) in [5, 5.41) is 23.8. The van der Waals surface area contributed by atoms with Gasteiger partial charge in [0, 0.05) is 23.3 Å². The molecule has 3 rings (SSSR count). The molecule has 1 amide bonds. The smallest absolute Gasteiger partial charge is 0.294 e. The molecule has 1 aromatic carbocycles.